The molecule has 1 N–H and O–H groups in total. The number of amides is 1. The van der Waals surface area contributed by atoms with Gasteiger partial charge in [0, 0.05) is 11.1 Å². The summed E-state index contributed by atoms with van der Waals surface area (Å²) >= 11 is 1.45. The van der Waals surface area contributed by atoms with Crippen molar-refractivity contribution in [3.05, 3.63) is 44.7 Å². The molecule has 1 aromatic carbocycles. The zero-order valence-electron chi connectivity index (χ0n) is 16.5. The number of aryl methyl sites for hydroxylation is 3. The smallest absolute Gasteiger partial charge is 0.294 e. The number of fused-ring (bicyclic) bond motifs is 1. The highest BCUT2D eigenvalue weighted by Crippen LogP contribution is 2.31. The van der Waals surface area contributed by atoms with Gasteiger partial charge in [-0.15, -0.1) is 11.3 Å². The van der Waals surface area contributed by atoms with Crippen LogP contribution in [0.25, 0.3) is 21.5 Å². The van der Waals surface area contributed by atoms with E-state index >= 15 is 0 Å². The normalized spacial score (nSPS) is 11.8. The Bertz CT molecular complexity index is 1090. The van der Waals surface area contributed by atoms with Gasteiger partial charge < -0.3 is 5.32 Å². The van der Waals surface area contributed by atoms with Gasteiger partial charge in [0.05, 0.1) is 9.71 Å². The summed E-state index contributed by atoms with van der Waals surface area (Å²) in [7, 11) is 0. The standard InChI is InChI=1S/C20H24N4O2S/c1-11-7-8-14(12(2)9-11)16-18-17(21-13(3)27-18)19(26)24(23-16)10-15(25)22-20(4,5)6/h7-9H,10H2,1-6H3,(H,22,25). The van der Waals surface area contributed by atoms with E-state index in [2.05, 4.69) is 21.5 Å². The van der Waals surface area contributed by atoms with Crippen molar-refractivity contribution < 1.29 is 4.79 Å². The van der Waals surface area contributed by atoms with Gasteiger partial charge in [-0.25, -0.2) is 9.67 Å². The number of aromatic nitrogens is 3. The molecule has 7 heteroatoms. The highest BCUT2D eigenvalue weighted by Gasteiger charge is 2.20. The number of thiazole rings is 1. The van der Waals surface area contributed by atoms with E-state index in [4.69, 9.17) is 0 Å². The fourth-order valence-electron chi connectivity index (χ4n) is 3.02. The molecule has 27 heavy (non-hydrogen) atoms. The highest BCUT2D eigenvalue weighted by atomic mass is 32.1. The van der Waals surface area contributed by atoms with Crippen LogP contribution in [0.2, 0.25) is 0 Å². The molecule has 3 rings (SSSR count). The summed E-state index contributed by atoms with van der Waals surface area (Å²) in [6.45, 7) is 11.5. The molecule has 0 spiro atoms. The summed E-state index contributed by atoms with van der Waals surface area (Å²) in [5.74, 6) is -0.255. The highest BCUT2D eigenvalue weighted by molar-refractivity contribution is 7.19. The Kier molecular flexibility index (Phi) is 4.90. The van der Waals surface area contributed by atoms with Crippen LogP contribution in [0.5, 0.6) is 0 Å². The minimum atomic E-state index is -0.377. The summed E-state index contributed by atoms with van der Waals surface area (Å²) in [5.41, 5.74) is 3.51. The Morgan fingerprint density at radius 3 is 2.56 bits per heavy atom. The molecule has 0 aliphatic heterocycles. The second-order valence-electron chi connectivity index (χ2n) is 7.84. The molecule has 0 fully saturated rings. The summed E-state index contributed by atoms with van der Waals surface area (Å²) in [6, 6.07) is 6.11. The van der Waals surface area contributed by atoms with Crippen molar-refractivity contribution in [2.75, 3.05) is 0 Å². The first-order valence-electron chi connectivity index (χ1n) is 8.82. The average molecular weight is 385 g/mol. The largest absolute Gasteiger partial charge is 0.350 e. The van der Waals surface area contributed by atoms with Crippen molar-refractivity contribution in [2.24, 2.45) is 0 Å². The van der Waals surface area contributed by atoms with Crippen LogP contribution in [0.15, 0.2) is 23.0 Å². The van der Waals surface area contributed by atoms with E-state index in [1.54, 1.807) is 0 Å². The number of nitrogens with one attached hydrogen (secondary N) is 1. The molecule has 0 aliphatic rings. The summed E-state index contributed by atoms with van der Waals surface area (Å²) in [4.78, 5) is 29.6. The fraction of sp³-hybridized carbons (Fsp3) is 0.400. The van der Waals surface area contributed by atoms with E-state index < -0.39 is 0 Å². The molecular weight excluding hydrogens is 360 g/mol. The maximum Gasteiger partial charge on any atom is 0.294 e. The van der Waals surface area contributed by atoms with E-state index in [1.807, 2.05) is 53.7 Å². The number of rotatable bonds is 3. The first kappa shape index (κ1) is 19.2. The molecule has 2 heterocycles. The third-order valence-corrected chi connectivity index (χ3v) is 5.03. The van der Waals surface area contributed by atoms with Crippen LogP contribution in [-0.2, 0) is 11.3 Å². The minimum Gasteiger partial charge on any atom is -0.350 e. The lowest BCUT2D eigenvalue weighted by molar-refractivity contribution is -0.123. The molecule has 0 bridgehead atoms. The summed E-state index contributed by atoms with van der Waals surface area (Å²) < 4.78 is 1.98. The predicted molar refractivity (Wildman–Crippen MR) is 109 cm³/mol. The van der Waals surface area contributed by atoms with Crippen molar-refractivity contribution in [3.63, 3.8) is 0 Å². The van der Waals surface area contributed by atoms with E-state index in [1.165, 1.54) is 16.0 Å². The molecule has 6 nitrogen and oxygen atoms in total. The maximum absolute atomic E-state index is 12.8. The molecule has 2 aromatic heterocycles. The van der Waals surface area contributed by atoms with Gasteiger partial charge in [0.1, 0.15) is 12.2 Å². The van der Waals surface area contributed by atoms with Crippen LogP contribution in [0.4, 0.5) is 0 Å². The van der Waals surface area contributed by atoms with E-state index in [0.29, 0.717) is 11.2 Å². The monoisotopic (exact) mass is 384 g/mol. The minimum absolute atomic E-state index is 0.138. The van der Waals surface area contributed by atoms with Gasteiger partial charge in [-0.3, -0.25) is 9.59 Å². The average Bonchev–Trinajstić information content (AvgIpc) is 2.91. The molecule has 0 saturated heterocycles. The second kappa shape index (κ2) is 6.88. The topological polar surface area (TPSA) is 76.9 Å². The van der Waals surface area contributed by atoms with Gasteiger partial charge in [0.15, 0.2) is 5.52 Å². The Hall–Kier alpha value is -2.54. The van der Waals surface area contributed by atoms with E-state index in [0.717, 1.165) is 26.4 Å². The fourth-order valence-corrected chi connectivity index (χ4v) is 3.93. The number of carbonyl (C=O) groups is 1. The number of nitrogens with zero attached hydrogens (tertiary/aromatic N) is 3. The lowest BCUT2D eigenvalue weighted by atomic mass is 10.0. The maximum atomic E-state index is 12.8. The van der Waals surface area contributed by atoms with Crippen LogP contribution in [0.1, 0.15) is 36.9 Å². The quantitative estimate of drug-likeness (QED) is 0.751. The van der Waals surface area contributed by atoms with Gasteiger partial charge in [0.25, 0.3) is 5.56 Å². The van der Waals surface area contributed by atoms with Gasteiger partial charge in [-0.1, -0.05) is 23.8 Å². The zero-order chi connectivity index (χ0) is 19.9. The van der Waals surface area contributed by atoms with E-state index in [9.17, 15) is 9.59 Å². The molecule has 3 aromatic rings. The molecule has 0 radical (unpaired) electrons. The Balaban J connectivity index is 2.17. The first-order valence-corrected chi connectivity index (χ1v) is 9.64. The third kappa shape index (κ3) is 4.08. The van der Waals surface area contributed by atoms with Gasteiger partial charge in [-0.05, 0) is 47.1 Å². The van der Waals surface area contributed by atoms with Crippen molar-refractivity contribution in [3.8, 4) is 11.3 Å². The Morgan fingerprint density at radius 1 is 1.22 bits per heavy atom. The molecule has 0 unspecified atom stereocenters. The summed E-state index contributed by atoms with van der Waals surface area (Å²) in [6.07, 6.45) is 0. The lowest BCUT2D eigenvalue weighted by Crippen LogP contribution is -2.44. The van der Waals surface area contributed by atoms with Crippen LogP contribution in [0, 0.1) is 20.8 Å². The number of hydrogen-bond acceptors (Lipinski definition) is 5. The molecule has 0 aliphatic carbocycles. The third-order valence-electron chi connectivity index (χ3n) is 4.05. The Labute approximate surface area is 162 Å². The van der Waals surface area contributed by atoms with E-state index in [-0.39, 0.29) is 23.6 Å². The number of carbonyl (C=O) groups excluding carboxylic acids is 1. The van der Waals surface area contributed by atoms with Crippen LogP contribution >= 0.6 is 11.3 Å². The van der Waals surface area contributed by atoms with Crippen LogP contribution in [-0.4, -0.2) is 26.2 Å². The Morgan fingerprint density at radius 2 is 1.93 bits per heavy atom. The predicted octanol–water partition coefficient (Wildman–Crippen LogP) is 3.36. The molecular formula is C20H24N4O2S. The lowest BCUT2D eigenvalue weighted by Gasteiger charge is -2.20. The zero-order valence-corrected chi connectivity index (χ0v) is 17.3. The van der Waals surface area contributed by atoms with Crippen LogP contribution in [0.3, 0.4) is 0 Å². The van der Waals surface area contributed by atoms with Crippen molar-refractivity contribution in [2.45, 2.75) is 53.6 Å². The van der Waals surface area contributed by atoms with Gasteiger partial charge in [-0.2, -0.15) is 5.10 Å². The molecule has 0 saturated carbocycles. The summed E-state index contributed by atoms with van der Waals surface area (Å²) in [5, 5.41) is 8.23. The number of hydrogen-bond donors (Lipinski definition) is 1. The van der Waals surface area contributed by atoms with Crippen LogP contribution < -0.4 is 10.9 Å². The molecule has 1 amide bonds. The first-order chi connectivity index (χ1) is 12.5. The van der Waals surface area contributed by atoms with Crippen molar-refractivity contribution in [1.82, 2.24) is 20.1 Å². The van der Waals surface area contributed by atoms with Gasteiger partial charge in [0.2, 0.25) is 5.91 Å². The van der Waals surface area contributed by atoms with Crippen molar-refractivity contribution >= 4 is 27.5 Å². The van der Waals surface area contributed by atoms with Gasteiger partial charge >= 0.3 is 0 Å². The number of benzene rings is 1. The molecule has 0 atom stereocenters. The second-order valence-corrected chi connectivity index (χ2v) is 9.04. The molecule has 142 valence electrons. The van der Waals surface area contributed by atoms with Crippen molar-refractivity contribution in [1.29, 1.82) is 0 Å². The SMILES string of the molecule is Cc1ccc(-c2nn(CC(=O)NC(C)(C)C)c(=O)c3nc(C)sc23)c(C)c1.